The lowest BCUT2D eigenvalue weighted by Gasteiger charge is -1.99. The third-order valence-corrected chi connectivity index (χ3v) is 1.96. The highest BCUT2D eigenvalue weighted by molar-refractivity contribution is 6.43. The van der Waals surface area contributed by atoms with Crippen molar-refractivity contribution in [3.05, 3.63) is 54.5 Å². The molecule has 1 amide bonds. The van der Waals surface area contributed by atoms with E-state index in [0.29, 0.717) is 5.75 Å². The molecule has 0 atom stereocenters. The second-order valence-corrected chi connectivity index (χ2v) is 3.15. The predicted octanol–water partition coefficient (Wildman–Crippen LogP) is 1.87. The summed E-state index contributed by atoms with van der Waals surface area (Å²) in [6.45, 7) is 0. The van der Waals surface area contributed by atoms with Gasteiger partial charge in [0.05, 0.1) is 6.26 Å². The van der Waals surface area contributed by atoms with Gasteiger partial charge in [0.2, 0.25) is 5.71 Å². The summed E-state index contributed by atoms with van der Waals surface area (Å²) in [7, 11) is 0. The molecule has 17 heavy (non-hydrogen) atoms. The second kappa shape index (κ2) is 4.98. The quantitative estimate of drug-likeness (QED) is 0.593. The van der Waals surface area contributed by atoms with Gasteiger partial charge in [0.15, 0.2) is 11.5 Å². The summed E-state index contributed by atoms with van der Waals surface area (Å²) < 4.78 is 4.99. The molecule has 0 fully saturated rings. The molecule has 0 saturated carbocycles. The first-order valence-corrected chi connectivity index (χ1v) is 4.87. The molecule has 0 saturated heterocycles. The molecule has 0 unspecified atom stereocenters. The average molecular weight is 229 g/mol. The summed E-state index contributed by atoms with van der Waals surface area (Å²) in [4.78, 5) is 16.1. The lowest BCUT2D eigenvalue weighted by Crippen LogP contribution is -2.16. The topological polar surface area (TPSA) is 75.6 Å². The maximum atomic E-state index is 11.1. The van der Waals surface area contributed by atoms with Crippen molar-refractivity contribution in [2.24, 2.45) is 5.16 Å². The molecule has 1 aromatic carbocycles. The first-order chi connectivity index (χ1) is 8.27. The number of carbonyl (C=O) groups excluding carboxylic acids is 1. The van der Waals surface area contributed by atoms with Crippen LogP contribution in [0.3, 0.4) is 0 Å². The van der Waals surface area contributed by atoms with Gasteiger partial charge in [0.25, 0.3) is 5.91 Å². The first kappa shape index (κ1) is 10.9. The van der Waals surface area contributed by atoms with Crippen LogP contribution in [-0.4, -0.2) is 11.6 Å². The molecule has 5 heteroatoms. The van der Waals surface area contributed by atoms with Gasteiger partial charge in [-0.05, 0) is 24.3 Å². The number of nitrogens with one attached hydrogen (secondary N) is 1. The normalized spacial score (nSPS) is 11.2. The number of hydrogen-bond donors (Lipinski definition) is 0. The number of nitrogens with zero attached hydrogens (tertiary/aromatic N) is 1. The van der Waals surface area contributed by atoms with Gasteiger partial charge >= 0.3 is 0 Å². The van der Waals surface area contributed by atoms with E-state index in [1.165, 1.54) is 6.26 Å². The Hall–Kier alpha value is -2.56. The number of benzene rings is 1. The average Bonchev–Trinajstić information content (AvgIpc) is 2.84. The minimum absolute atomic E-state index is 0.168. The van der Waals surface area contributed by atoms with Gasteiger partial charge in [-0.15, -0.1) is 0 Å². The molecule has 1 radical (unpaired) electrons. The highest BCUT2D eigenvalue weighted by Gasteiger charge is 2.15. The van der Waals surface area contributed by atoms with Crippen molar-refractivity contribution < 1.29 is 14.0 Å². The Balaban J connectivity index is 2.21. The van der Waals surface area contributed by atoms with E-state index in [1.807, 2.05) is 6.07 Å². The molecule has 1 aromatic heterocycles. The molecule has 0 bridgehead atoms. The first-order valence-electron chi connectivity index (χ1n) is 4.87. The highest BCUT2D eigenvalue weighted by atomic mass is 16.6. The summed E-state index contributed by atoms with van der Waals surface area (Å²) in [5, 5.41) is 3.62. The minimum atomic E-state index is -0.962. The maximum Gasteiger partial charge on any atom is 0.295 e. The molecule has 1 heterocycles. The zero-order valence-corrected chi connectivity index (χ0v) is 8.79. The number of carbonyl (C=O) groups is 1. The standard InChI is InChI=1S/C12H9N2O3/c13-12(15)11(10-7-4-8-16-10)14-17-9-5-2-1-3-6-9/h1-8,13H. The molecule has 0 aliphatic carbocycles. The Morgan fingerprint density at radius 3 is 2.53 bits per heavy atom. The van der Waals surface area contributed by atoms with E-state index < -0.39 is 5.91 Å². The number of oxime groups is 1. The van der Waals surface area contributed by atoms with Crippen LogP contribution in [0.4, 0.5) is 0 Å². The van der Waals surface area contributed by atoms with Gasteiger partial charge in [-0.1, -0.05) is 23.4 Å². The van der Waals surface area contributed by atoms with E-state index in [2.05, 4.69) is 5.16 Å². The Bertz CT molecular complexity index is 518. The molecular weight excluding hydrogens is 220 g/mol. The van der Waals surface area contributed by atoms with Crippen molar-refractivity contribution in [3.8, 4) is 5.75 Å². The Morgan fingerprint density at radius 1 is 1.18 bits per heavy atom. The second-order valence-electron chi connectivity index (χ2n) is 3.15. The van der Waals surface area contributed by atoms with E-state index >= 15 is 0 Å². The Morgan fingerprint density at radius 2 is 1.94 bits per heavy atom. The molecular formula is C12H9N2O3. The van der Waals surface area contributed by atoms with E-state index in [9.17, 15) is 4.79 Å². The van der Waals surface area contributed by atoms with Crippen LogP contribution >= 0.6 is 0 Å². The number of hydrogen-bond acceptors (Lipinski definition) is 4. The largest absolute Gasteiger partial charge is 0.462 e. The van der Waals surface area contributed by atoms with Gasteiger partial charge in [-0.25, -0.2) is 0 Å². The molecule has 5 nitrogen and oxygen atoms in total. The number of amides is 1. The fourth-order valence-electron chi connectivity index (χ4n) is 1.19. The van der Waals surface area contributed by atoms with E-state index in [-0.39, 0.29) is 11.5 Å². The van der Waals surface area contributed by atoms with E-state index in [1.54, 1.807) is 36.4 Å². The van der Waals surface area contributed by atoms with Crippen molar-refractivity contribution in [2.45, 2.75) is 0 Å². The minimum Gasteiger partial charge on any atom is -0.462 e. The Labute approximate surface area is 97.5 Å². The smallest absolute Gasteiger partial charge is 0.295 e. The molecule has 0 aliphatic rings. The zero-order valence-electron chi connectivity index (χ0n) is 8.79. The fraction of sp³-hybridized carbons (Fsp3) is 0. The van der Waals surface area contributed by atoms with Crippen molar-refractivity contribution >= 4 is 11.6 Å². The van der Waals surface area contributed by atoms with Crippen LogP contribution in [0.2, 0.25) is 0 Å². The zero-order chi connectivity index (χ0) is 12.1. The third kappa shape index (κ3) is 2.72. The van der Waals surface area contributed by atoms with Crippen LogP contribution in [0.25, 0.3) is 0 Å². The lowest BCUT2D eigenvalue weighted by atomic mass is 10.3. The van der Waals surface area contributed by atoms with E-state index in [4.69, 9.17) is 15.0 Å². The number of rotatable bonds is 4. The van der Waals surface area contributed by atoms with Crippen LogP contribution in [0.1, 0.15) is 5.76 Å². The summed E-state index contributed by atoms with van der Waals surface area (Å²) in [5.41, 5.74) is 6.90. The molecule has 2 aromatic rings. The van der Waals surface area contributed by atoms with Crippen LogP contribution < -0.4 is 10.6 Å². The van der Waals surface area contributed by atoms with Crippen molar-refractivity contribution in [1.29, 1.82) is 0 Å². The van der Waals surface area contributed by atoms with Crippen LogP contribution in [-0.2, 0) is 4.79 Å². The Kier molecular flexibility index (Phi) is 3.20. The van der Waals surface area contributed by atoms with Gasteiger partial charge in [-0.2, -0.15) is 0 Å². The molecule has 1 N–H and O–H groups in total. The van der Waals surface area contributed by atoms with Gasteiger partial charge < -0.3 is 9.25 Å². The number of furan rings is 1. The summed E-state index contributed by atoms with van der Waals surface area (Å²) in [6, 6.07) is 11.9. The van der Waals surface area contributed by atoms with Crippen molar-refractivity contribution in [2.75, 3.05) is 0 Å². The maximum absolute atomic E-state index is 11.1. The van der Waals surface area contributed by atoms with Crippen LogP contribution in [0.15, 0.2) is 58.3 Å². The SMILES string of the molecule is [NH]C(=O)C(=NOc1ccccc1)c1ccco1. The monoisotopic (exact) mass is 229 g/mol. The summed E-state index contributed by atoms with van der Waals surface area (Å²) in [5.74, 6) is -0.269. The highest BCUT2D eigenvalue weighted by Crippen LogP contribution is 2.10. The number of para-hydroxylation sites is 1. The molecule has 0 aliphatic heterocycles. The summed E-state index contributed by atoms with van der Waals surface area (Å²) >= 11 is 0. The fourth-order valence-corrected chi connectivity index (χ4v) is 1.19. The van der Waals surface area contributed by atoms with E-state index in [0.717, 1.165) is 0 Å². The van der Waals surface area contributed by atoms with Crippen LogP contribution in [0.5, 0.6) is 5.75 Å². The molecule has 0 spiro atoms. The van der Waals surface area contributed by atoms with Gasteiger partial charge in [0.1, 0.15) is 0 Å². The van der Waals surface area contributed by atoms with Crippen LogP contribution in [0, 0.1) is 0 Å². The lowest BCUT2D eigenvalue weighted by molar-refractivity contribution is -0.112. The van der Waals surface area contributed by atoms with Gasteiger partial charge in [0, 0.05) is 0 Å². The predicted molar refractivity (Wildman–Crippen MR) is 60.4 cm³/mol. The third-order valence-electron chi connectivity index (χ3n) is 1.96. The van der Waals surface area contributed by atoms with Gasteiger partial charge in [-0.3, -0.25) is 10.5 Å². The van der Waals surface area contributed by atoms with Crippen molar-refractivity contribution in [3.63, 3.8) is 0 Å². The molecule has 2 rings (SSSR count). The summed E-state index contributed by atoms with van der Waals surface area (Å²) in [6.07, 6.45) is 1.40. The van der Waals surface area contributed by atoms with Crippen molar-refractivity contribution in [1.82, 2.24) is 5.73 Å². The molecule has 85 valence electrons.